The molecule has 0 aromatic rings. The highest BCUT2D eigenvalue weighted by atomic mass is 14.8. The molecule has 1 unspecified atom stereocenters. The molecule has 15 heavy (non-hydrogen) atoms. The fourth-order valence-electron chi connectivity index (χ4n) is 0.611. The molecule has 84 valence electrons. The molecule has 0 aromatic heterocycles. The van der Waals surface area contributed by atoms with Crippen molar-refractivity contribution in [2.75, 3.05) is 6.54 Å². The van der Waals surface area contributed by atoms with Gasteiger partial charge in [0.25, 0.3) is 0 Å². The Balaban J connectivity index is 0. The lowest BCUT2D eigenvalue weighted by molar-refractivity contribution is 0.810. The third-order valence-corrected chi connectivity index (χ3v) is 1.46. The molecule has 0 aliphatic rings. The van der Waals surface area contributed by atoms with Crippen molar-refractivity contribution in [1.29, 1.82) is 0 Å². The quantitative estimate of drug-likeness (QED) is 0.320. The van der Waals surface area contributed by atoms with Crippen molar-refractivity contribution >= 4 is 0 Å². The Labute approximate surface area is 95.0 Å². The summed E-state index contributed by atoms with van der Waals surface area (Å²) in [6.07, 6.45) is 5.67. The average Bonchev–Trinajstić information content (AvgIpc) is 2.27. The normalized spacial score (nSPS) is 9.27. The van der Waals surface area contributed by atoms with E-state index in [4.69, 9.17) is 0 Å². The first-order valence-electron chi connectivity index (χ1n) is 5.41. The Hall–Kier alpha value is -1.38. The maximum atomic E-state index is 3.61. The van der Waals surface area contributed by atoms with Crippen LogP contribution in [0.4, 0.5) is 0 Å². The van der Waals surface area contributed by atoms with Crippen molar-refractivity contribution in [3.63, 3.8) is 0 Å². The van der Waals surface area contributed by atoms with E-state index in [0.717, 1.165) is 19.4 Å². The van der Waals surface area contributed by atoms with Crippen LogP contribution in [-0.4, -0.2) is 6.54 Å². The molecule has 0 fully saturated rings. The third kappa shape index (κ3) is 19.2. The molecule has 0 saturated carbocycles. The van der Waals surface area contributed by atoms with Gasteiger partial charge in [0.1, 0.15) is 0 Å². The lowest BCUT2D eigenvalue weighted by Gasteiger charge is -1.89. The molecular weight excluding hydrogens is 182 g/mol. The van der Waals surface area contributed by atoms with Gasteiger partial charge in [0.2, 0.25) is 0 Å². The van der Waals surface area contributed by atoms with E-state index >= 15 is 0 Å². The van der Waals surface area contributed by atoms with Crippen molar-refractivity contribution < 1.29 is 0 Å². The van der Waals surface area contributed by atoms with Gasteiger partial charge < -0.3 is 5.32 Å². The molecule has 0 spiro atoms. The highest BCUT2D eigenvalue weighted by molar-refractivity contribution is 5.06. The highest BCUT2D eigenvalue weighted by Gasteiger charge is 1.81. The molecule has 0 amide bonds. The minimum atomic E-state index is 0.356. The zero-order valence-corrected chi connectivity index (χ0v) is 10.3. The summed E-state index contributed by atoms with van der Waals surface area (Å²) >= 11 is 0. The summed E-state index contributed by atoms with van der Waals surface area (Å²) in [5.74, 6) is 6.35. The largest absolute Gasteiger partial charge is 0.385 e. The summed E-state index contributed by atoms with van der Waals surface area (Å²) in [4.78, 5) is 0. The second-order valence-electron chi connectivity index (χ2n) is 3.00. The van der Waals surface area contributed by atoms with E-state index in [0.29, 0.717) is 5.92 Å². The third-order valence-electron chi connectivity index (χ3n) is 1.46. The van der Waals surface area contributed by atoms with Crippen LogP contribution in [0.15, 0.2) is 31.2 Å². The Morgan fingerprint density at radius 3 is 2.47 bits per heavy atom. The van der Waals surface area contributed by atoms with E-state index in [2.05, 4.69) is 43.0 Å². The van der Waals surface area contributed by atoms with Crippen LogP contribution in [0.5, 0.6) is 0 Å². The minimum absolute atomic E-state index is 0.356. The molecule has 1 N–H and O–H groups in total. The number of hydrogen-bond donors (Lipinski definition) is 1. The van der Waals surface area contributed by atoms with Gasteiger partial charge in [0, 0.05) is 25.1 Å². The molecule has 0 radical (unpaired) electrons. The van der Waals surface area contributed by atoms with Crippen LogP contribution >= 0.6 is 0 Å². The Bertz CT molecular complexity index is 236. The molecule has 1 atom stereocenters. The first-order valence-corrected chi connectivity index (χ1v) is 5.41. The summed E-state index contributed by atoms with van der Waals surface area (Å²) in [6, 6.07) is 0. The van der Waals surface area contributed by atoms with Crippen molar-refractivity contribution in [1.82, 2.24) is 5.32 Å². The van der Waals surface area contributed by atoms with Gasteiger partial charge in [-0.15, -0.1) is 18.2 Å². The summed E-state index contributed by atoms with van der Waals surface area (Å²) < 4.78 is 0. The fourth-order valence-corrected chi connectivity index (χ4v) is 0.611. The van der Waals surface area contributed by atoms with E-state index in [-0.39, 0.29) is 0 Å². The standard InChI is InChI=1S/C8H12.C6H11N/c1-4-6-7-8(3)5-2;1-3-5-7-6-4-2/h5,8H,2,4H2,1,3H3;5,7H,1,4,6H2,2H3. The van der Waals surface area contributed by atoms with Gasteiger partial charge in [-0.2, -0.15) is 0 Å². The lowest BCUT2D eigenvalue weighted by atomic mass is 10.2. The van der Waals surface area contributed by atoms with Crippen molar-refractivity contribution in [2.45, 2.75) is 33.6 Å². The Morgan fingerprint density at radius 1 is 1.40 bits per heavy atom. The van der Waals surface area contributed by atoms with E-state index in [1.807, 2.05) is 19.9 Å². The monoisotopic (exact) mass is 205 g/mol. The van der Waals surface area contributed by atoms with E-state index in [9.17, 15) is 0 Å². The zero-order chi connectivity index (χ0) is 11.9. The van der Waals surface area contributed by atoms with Crippen LogP contribution in [0.25, 0.3) is 0 Å². The molecule has 0 bridgehead atoms. The predicted molar refractivity (Wildman–Crippen MR) is 69.4 cm³/mol. The van der Waals surface area contributed by atoms with Gasteiger partial charge in [0.05, 0.1) is 0 Å². The SMILES string of the molecule is C=C=CNCCC.C=CC(C)C#CCC. The first kappa shape index (κ1) is 16.1. The van der Waals surface area contributed by atoms with E-state index < -0.39 is 0 Å². The molecule has 0 aliphatic heterocycles. The number of allylic oxidation sites excluding steroid dienone is 1. The van der Waals surface area contributed by atoms with Crippen molar-refractivity contribution in [3.8, 4) is 11.8 Å². The van der Waals surface area contributed by atoms with E-state index in [1.54, 1.807) is 6.20 Å². The zero-order valence-electron chi connectivity index (χ0n) is 10.3. The summed E-state index contributed by atoms with van der Waals surface area (Å²) in [5.41, 5.74) is 2.62. The van der Waals surface area contributed by atoms with Crippen LogP contribution in [0.3, 0.4) is 0 Å². The van der Waals surface area contributed by atoms with Gasteiger partial charge in [-0.05, 0) is 13.3 Å². The van der Waals surface area contributed by atoms with Crippen LogP contribution in [0.1, 0.15) is 33.6 Å². The molecule has 1 heteroatoms. The van der Waals surface area contributed by atoms with Crippen molar-refractivity contribution in [2.24, 2.45) is 5.92 Å². The van der Waals surface area contributed by atoms with Crippen LogP contribution in [0, 0.1) is 17.8 Å². The van der Waals surface area contributed by atoms with Gasteiger partial charge in [0.15, 0.2) is 0 Å². The van der Waals surface area contributed by atoms with Crippen LogP contribution in [0.2, 0.25) is 0 Å². The van der Waals surface area contributed by atoms with Gasteiger partial charge in [-0.3, -0.25) is 0 Å². The molecule has 1 nitrogen and oxygen atoms in total. The fraction of sp³-hybridized carbons (Fsp3) is 0.500. The molecule has 0 rings (SSSR count). The first-order chi connectivity index (χ1) is 7.22. The molecular formula is C14H23N. The van der Waals surface area contributed by atoms with Crippen molar-refractivity contribution in [3.05, 3.63) is 31.2 Å². The predicted octanol–water partition coefficient (Wildman–Crippen LogP) is 3.51. The topological polar surface area (TPSA) is 12.0 Å². The van der Waals surface area contributed by atoms with E-state index in [1.165, 1.54) is 0 Å². The molecule has 0 heterocycles. The average molecular weight is 205 g/mol. The highest BCUT2D eigenvalue weighted by Crippen LogP contribution is 1.90. The van der Waals surface area contributed by atoms with Gasteiger partial charge in [-0.1, -0.05) is 32.4 Å². The van der Waals surface area contributed by atoms with Crippen LogP contribution in [-0.2, 0) is 0 Å². The maximum absolute atomic E-state index is 3.61. The second-order valence-corrected chi connectivity index (χ2v) is 3.00. The second kappa shape index (κ2) is 15.1. The maximum Gasteiger partial charge on any atom is 0.0391 e. The van der Waals surface area contributed by atoms with Crippen LogP contribution < -0.4 is 5.32 Å². The Kier molecular flexibility index (Phi) is 16.2. The number of nitrogens with one attached hydrogen (secondary N) is 1. The van der Waals surface area contributed by atoms with Gasteiger partial charge in [-0.25, -0.2) is 0 Å². The molecule has 0 aliphatic carbocycles. The summed E-state index contributed by atoms with van der Waals surface area (Å²) in [7, 11) is 0. The summed E-state index contributed by atoms with van der Waals surface area (Å²) in [6.45, 7) is 14.2. The Morgan fingerprint density at radius 2 is 2.07 bits per heavy atom. The molecule has 0 saturated heterocycles. The molecule has 0 aromatic carbocycles. The minimum Gasteiger partial charge on any atom is -0.385 e. The summed E-state index contributed by atoms with van der Waals surface area (Å²) in [5, 5.41) is 2.99. The number of hydrogen-bond acceptors (Lipinski definition) is 1. The number of rotatable bonds is 4. The smallest absolute Gasteiger partial charge is 0.0391 e. The van der Waals surface area contributed by atoms with Gasteiger partial charge >= 0.3 is 0 Å². The lowest BCUT2D eigenvalue weighted by Crippen LogP contribution is -2.03.